The second-order valence-electron chi connectivity index (χ2n) is 6.13. The van der Waals surface area contributed by atoms with Gasteiger partial charge in [0.05, 0.1) is 6.04 Å². The fraction of sp³-hybridized carbons (Fsp3) is 0.467. The van der Waals surface area contributed by atoms with E-state index in [1.54, 1.807) is 11.1 Å². The molecule has 0 N–H and O–H groups in total. The molecule has 0 aliphatic carbocycles. The first-order valence-electron chi connectivity index (χ1n) is 6.86. The first-order valence-corrected chi connectivity index (χ1v) is 6.86. The van der Waals surface area contributed by atoms with Crippen molar-refractivity contribution in [1.82, 2.24) is 14.3 Å². The lowest BCUT2D eigenvalue weighted by Gasteiger charge is -2.41. The van der Waals surface area contributed by atoms with Crippen LogP contribution in [0.4, 0.5) is 4.79 Å². The molecule has 106 valence electrons. The van der Waals surface area contributed by atoms with Gasteiger partial charge in [-0.1, -0.05) is 0 Å². The van der Waals surface area contributed by atoms with E-state index in [1.807, 2.05) is 49.7 Å². The van der Waals surface area contributed by atoms with Crippen LogP contribution in [0.1, 0.15) is 38.8 Å². The van der Waals surface area contributed by atoms with Gasteiger partial charge in [0.1, 0.15) is 11.2 Å². The molecular weight excluding hydrogens is 254 g/mol. The van der Waals surface area contributed by atoms with Crippen LogP contribution in [-0.2, 0) is 4.74 Å². The van der Waals surface area contributed by atoms with Gasteiger partial charge in [-0.2, -0.15) is 0 Å². The highest BCUT2D eigenvalue weighted by Gasteiger charge is 2.36. The Hall–Kier alpha value is -2.04. The summed E-state index contributed by atoms with van der Waals surface area (Å²) in [5, 5.41) is 0. The predicted octanol–water partition coefficient (Wildman–Crippen LogP) is 3.02. The maximum atomic E-state index is 12.1. The lowest BCUT2D eigenvalue weighted by atomic mass is 9.96. The first-order chi connectivity index (χ1) is 9.44. The number of carbonyl (C=O) groups is 1. The Morgan fingerprint density at radius 2 is 2.20 bits per heavy atom. The molecule has 1 atom stereocenters. The molecule has 20 heavy (non-hydrogen) atoms. The lowest BCUT2D eigenvalue weighted by molar-refractivity contribution is -0.00574. The molecule has 5 heteroatoms. The summed E-state index contributed by atoms with van der Waals surface area (Å²) in [5.74, 6) is 0. The van der Waals surface area contributed by atoms with Gasteiger partial charge in [-0.25, -0.2) is 9.78 Å². The number of amides is 1. The number of fused-ring (bicyclic) bond motifs is 1. The molecule has 0 spiro atoms. The number of nitrogens with zero attached hydrogens (tertiary/aromatic N) is 3. The van der Waals surface area contributed by atoms with E-state index in [-0.39, 0.29) is 12.1 Å². The van der Waals surface area contributed by atoms with Gasteiger partial charge in [0.15, 0.2) is 0 Å². The fourth-order valence-electron chi connectivity index (χ4n) is 2.41. The second-order valence-corrected chi connectivity index (χ2v) is 6.13. The summed E-state index contributed by atoms with van der Waals surface area (Å²) in [5.41, 5.74) is 1.56. The largest absolute Gasteiger partial charge is 0.444 e. The monoisotopic (exact) mass is 273 g/mol. The minimum atomic E-state index is -0.454. The number of pyridine rings is 1. The quantitative estimate of drug-likeness (QED) is 0.802. The maximum Gasteiger partial charge on any atom is 0.410 e. The topological polar surface area (TPSA) is 46.8 Å². The number of hydrogen-bond acceptors (Lipinski definition) is 3. The molecule has 0 radical (unpaired) electrons. The molecule has 1 aliphatic heterocycles. The van der Waals surface area contributed by atoms with E-state index in [0.717, 1.165) is 24.2 Å². The third-order valence-corrected chi connectivity index (χ3v) is 3.45. The van der Waals surface area contributed by atoms with Crippen LogP contribution in [0, 0.1) is 0 Å². The third kappa shape index (κ3) is 2.35. The molecule has 1 aliphatic rings. The highest BCUT2D eigenvalue weighted by Crippen LogP contribution is 2.34. The Morgan fingerprint density at radius 1 is 1.40 bits per heavy atom. The minimum Gasteiger partial charge on any atom is -0.444 e. The van der Waals surface area contributed by atoms with Crippen molar-refractivity contribution in [1.29, 1.82) is 0 Å². The van der Waals surface area contributed by atoms with E-state index in [2.05, 4.69) is 4.98 Å². The maximum absolute atomic E-state index is 12.1. The highest BCUT2D eigenvalue weighted by atomic mass is 16.6. The van der Waals surface area contributed by atoms with Crippen LogP contribution >= 0.6 is 0 Å². The van der Waals surface area contributed by atoms with Crippen molar-refractivity contribution in [3.63, 3.8) is 0 Å². The molecule has 0 saturated carbocycles. The van der Waals surface area contributed by atoms with Gasteiger partial charge in [-0.3, -0.25) is 0 Å². The number of ether oxygens (including phenoxy) is 1. The molecule has 1 unspecified atom stereocenters. The van der Waals surface area contributed by atoms with Crippen LogP contribution in [0.2, 0.25) is 0 Å². The third-order valence-electron chi connectivity index (χ3n) is 3.45. The Kier molecular flexibility index (Phi) is 2.92. The van der Waals surface area contributed by atoms with Crippen molar-refractivity contribution in [2.45, 2.75) is 38.8 Å². The number of likely N-dealkylation sites (tertiary alicyclic amines) is 1. The number of aromatic nitrogens is 2. The van der Waals surface area contributed by atoms with Crippen LogP contribution < -0.4 is 0 Å². The fourth-order valence-corrected chi connectivity index (χ4v) is 2.41. The van der Waals surface area contributed by atoms with Crippen molar-refractivity contribution in [2.75, 3.05) is 6.54 Å². The van der Waals surface area contributed by atoms with Crippen molar-refractivity contribution in [3.05, 3.63) is 36.3 Å². The van der Waals surface area contributed by atoms with E-state index < -0.39 is 5.60 Å². The average molecular weight is 273 g/mol. The van der Waals surface area contributed by atoms with Gasteiger partial charge in [-0.05, 0) is 44.9 Å². The van der Waals surface area contributed by atoms with Gasteiger partial charge >= 0.3 is 6.09 Å². The Balaban J connectivity index is 1.78. The molecule has 0 bridgehead atoms. The lowest BCUT2D eigenvalue weighted by Crippen LogP contribution is -2.47. The summed E-state index contributed by atoms with van der Waals surface area (Å²) in [6, 6.07) is 4.17. The minimum absolute atomic E-state index is 0.103. The summed E-state index contributed by atoms with van der Waals surface area (Å²) < 4.78 is 7.39. The van der Waals surface area contributed by atoms with Crippen LogP contribution in [0.5, 0.6) is 0 Å². The SMILES string of the molecule is CC(C)(C)OC(=O)N1CCC1c1ccn2ccnc2c1. The van der Waals surface area contributed by atoms with E-state index in [4.69, 9.17) is 4.74 Å². The highest BCUT2D eigenvalue weighted by molar-refractivity contribution is 5.70. The molecule has 1 amide bonds. The van der Waals surface area contributed by atoms with Crippen molar-refractivity contribution in [2.24, 2.45) is 0 Å². The molecule has 2 aromatic rings. The summed E-state index contributed by atoms with van der Waals surface area (Å²) >= 11 is 0. The van der Waals surface area contributed by atoms with Gasteiger partial charge in [0, 0.05) is 25.1 Å². The summed E-state index contributed by atoms with van der Waals surface area (Å²) in [6.07, 6.45) is 6.38. The zero-order chi connectivity index (χ0) is 14.3. The molecular formula is C15H19N3O2. The molecule has 3 heterocycles. The Bertz CT molecular complexity index is 642. The number of hydrogen-bond donors (Lipinski definition) is 0. The Labute approximate surface area is 118 Å². The molecule has 1 saturated heterocycles. The molecule has 2 aromatic heterocycles. The summed E-state index contributed by atoms with van der Waals surface area (Å²) in [7, 11) is 0. The van der Waals surface area contributed by atoms with Crippen molar-refractivity contribution in [3.8, 4) is 0 Å². The smallest absolute Gasteiger partial charge is 0.410 e. The average Bonchev–Trinajstić information content (AvgIpc) is 2.71. The Morgan fingerprint density at radius 3 is 2.85 bits per heavy atom. The normalized spacial score (nSPS) is 18.9. The zero-order valence-electron chi connectivity index (χ0n) is 12.0. The molecule has 0 aromatic carbocycles. The van der Waals surface area contributed by atoms with Crippen LogP contribution in [0.25, 0.3) is 5.65 Å². The van der Waals surface area contributed by atoms with Crippen LogP contribution in [0.15, 0.2) is 30.7 Å². The summed E-state index contributed by atoms with van der Waals surface area (Å²) in [4.78, 5) is 18.2. The molecule has 1 fully saturated rings. The van der Waals surface area contributed by atoms with Crippen molar-refractivity contribution >= 4 is 11.7 Å². The number of rotatable bonds is 1. The zero-order valence-corrected chi connectivity index (χ0v) is 12.0. The molecule has 5 nitrogen and oxygen atoms in total. The van der Waals surface area contributed by atoms with Gasteiger partial charge < -0.3 is 14.0 Å². The van der Waals surface area contributed by atoms with E-state index in [0.29, 0.717) is 0 Å². The van der Waals surface area contributed by atoms with Crippen LogP contribution in [-0.4, -0.2) is 32.5 Å². The van der Waals surface area contributed by atoms with Gasteiger partial charge in [0.25, 0.3) is 0 Å². The first kappa shape index (κ1) is 13.0. The van der Waals surface area contributed by atoms with Gasteiger partial charge in [-0.15, -0.1) is 0 Å². The predicted molar refractivity (Wildman–Crippen MR) is 75.5 cm³/mol. The second kappa shape index (κ2) is 4.51. The number of imidazole rings is 1. The van der Waals surface area contributed by atoms with E-state index >= 15 is 0 Å². The van der Waals surface area contributed by atoms with Crippen LogP contribution in [0.3, 0.4) is 0 Å². The van der Waals surface area contributed by atoms with Crippen molar-refractivity contribution < 1.29 is 9.53 Å². The van der Waals surface area contributed by atoms with E-state index in [9.17, 15) is 4.79 Å². The van der Waals surface area contributed by atoms with Gasteiger partial charge in [0.2, 0.25) is 0 Å². The number of carbonyl (C=O) groups excluding carboxylic acids is 1. The van der Waals surface area contributed by atoms with E-state index in [1.165, 1.54) is 0 Å². The molecule has 3 rings (SSSR count). The summed E-state index contributed by atoms with van der Waals surface area (Å²) in [6.45, 7) is 6.40. The standard InChI is InChI=1S/C15H19N3O2/c1-15(2,3)20-14(19)18-8-5-12(18)11-4-7-17-9-6-16-13(17)10-11/h4,6-7,9-10,12H,5,8H2,1-3H3.